The number of benzene rings is 1. The molecule has 0 radical (unpaired) electrons. The SMILES string of the molecule is c1cc2c(cc1OC1CCCCO1)CCNC2. The molecule has 1 unspecified atom stereocenters. The van der Waals surface area contributed by atoms with Crippen LogP contribution in [0.1, 0.15) is 30.4 Å². The van der Waals surface area contributed by atoms with Crippen LogP contribution in [0.4, 0.5) is 0 Å². The second-order valence-corrected chi connectivity index (χ2v) is 4.77. The van der Waals surface area contributed by atoms with Crippen LogP contribution in [0.2, 0.25) is 0 Å². The highest BCUT2D eigenvalue weighted by Crippen LogP contribution is 2.23. The molecule has 1 saturated heterocycles. The molecule has 1 aromatic rings. The molecular formula is C14H19NO2. The van der Waals surface area contributed by atoms with Crippen molar-refractivity contribution in [3.05, 3.63) is 29.3 Å². The highest BCUT2D eigenvalue weighted by atomic mass is 16.7. The molecule has 0 aliphatic carbocycles. The number of ether oxygens (including phenoxy) is 2. The van der Waals surface area contributed by atoms with E-state index in [1.54, 1.807) is 0 Å². The lowest BCUT2D eigenvalue weighted by atomic mass is 10.0. The van der Waals surface area contributed by atoms with Gasteiger partial charge in [0.25, 0.3) is 0 Å². The summed E-state index contributed by atoms with van der Waals surface area (Å²) in [5, 5.41) is 3.38. The molecule has 0 amide bonds. The maximum absolute atomic E-state index is 5.88. The van der Waals surface area contributed by atoms with E-state index in [4.69, 9.17) is 9.47 Å². The molecule has 0 aromatic heterocycles. The zero-order valence-electron chi connectivity index (χ0n) is 10.1. The molecule has 3 nitrogen and oxygen atoms in total. The third kappa shape index (κ3) is 2.61. The minimum atomic E-state index is -0.0384. The van der Waals surface area contributed by atoms with Crippen LogP contribution in [0.5, 0.6) is 5.75 Å². The average Bonchev–Trinajstić information content (AvgIpc) is 2.40. The van der Waals surface area contributed by atoms with Crippen LogP contribution in [0.25, 0.3) is 0 Å². The van der Waals surface area contributed by atoms with Crippen LogP contribution < -0.4 is 10.1 Å². The Hall–Kier alpha value is -1.06. The first-order valence-corrected chi connectivity index (χ1v) is 6.52. The van der Waals surface area contributed by atoms with Crippen LogP contribution in [-0.2, 0) is 17.7 Å². The van der Waals surface area contributed by atoms with Gasteiger partial charge in [-0.25, -0.2) is 0 Å². The van der Waals surface area contributed by atoms with Gasteiger partial charge in [-0.1, -0.05) is 6.07 Å². The van der Waals surface area contributed by atoms with E-state index in [2.05, 4.69) is 23.5 Å². The van der Waals surface area contributed by atoms with Crippen molar-refractivity contribution in [3.8, 4) is 5.75 Å². The molecule has 3 heteroatoms. The summed E-state index contributed by atoms with van der Waals surface area (Å²) in [6, 6.07) is 6.40. The molecule has 0 spiro atoms. The van der Waals surface area contributed by atoms with Crippen molar-refractivity contribution < 1.29 is 9.47 Å². The maximum Gasteiger partial charge on any atom is 0.199 e. The van der Waals surface area contributed by atoms with Gasteiger partial charge in [-0.3, -0.25) is 0 Å². The van der Waals surface area contributed by atoms with Gasteiger partial charge in [0.15, 0.2) is 6.29 Å². The first-order chi connectivity index (χ1) is 8.42. The smallest absolute Gasteiger partial charge is 0.199 e. The van der Waals surface area contributed by atoms with Crippen LogP contribution in [-0.4, -0.2) is 19.4 Å². The first kappa shape index (κ1) is 11.1. The minimum Gasteiger partial charge on any atom is -0.465 e. The fourth-order valence-electron chi connectivity index (χ4n) is 2.48. The Morgan fingerprint density at radius 1 is 1.24 bits per heavy atom. The van der Waals surface area contributed by atoms with Crippen molar-refractivity contribution in [2.45, 2.75) is 38.5 Å². The van der Waals surface area contributed by atoms with Gasteiger partial charge in [0, 0.05) is 13.0 Å². The maximum atomic E-state index is 5.88. The molecule has 2 heterocycles. The Kier molecular flexibility index (Phi) is 3.29. The summed E-state index contributed by atoms with van der Waals surface area (Å²) in [5.74, 6) is 0.956. The van der Waals surface area contributed by atoms with E-state index in [-0.39, 0.29) is 6.29 Å². The lowest BCUT2D eigenvalue weighted by molar-refractivity contribution is -0.105. The van der Waals surface area contributed by atoms with Gasteiger partial charge in [0.2, 0.25) is 0 Å². The average molecular weight is 233 g/mol. The summed E-state index contributed by atoms with van der Waals surface area (Å²) in [6.07, 6.45) is 4.44. The largest absolute Gasteiger partial charge is 0.465 e. The third-order valence-corrected chi connectivity index (χ3v) is 3.47. The molecule has 2 aliphatic rings. The summed E-state index contributed by atoms with van der Waals surface area (Å²) >= 11 is 0. The number of hydrogen-bond acceptors (Lipinski definition) is 3. The predicted octanol–water partition coefficient (Wildman–Crippen LogP) is 2.24. The van der Waals surface area contributed by atoms with Gasteiger partial charge in [0.05, 0.1) is 6.61 Å². The van der Waals surface area contributed by atoms with Crippen molar-refractivity contribution in [1.82, 2.24) is 5.32 Å². The highest BCUT2D eigenvalue weighted by Gasteiger charge is 2.16. The van der Waals surface area contributed by atoms with Crippen molar-refractivity contribution in [2.24, 2.45) is 0 Å². The molecule has 17 heavy (non-hydrogen) atoms. The Labute approximate surface area is 102 Å². The molecule has 1 aromatic carbocycles. The Balaban J connectivity index is 1.70. The molecule has 2 aliphatic heterocycles. The lowest BCUT2D eigenvalue weighted by Gasteiger charge is -2.24. The van der Waals surface area contributed by atoms with Gasteiger partial charge in [-0.05, 0) is 49.1 Å². The molecular weight excluding hydrogens is 214 g/mol. The van der Waals surface area contributed by atoms with E-state index >= 15 is 0 Å². The van der Waals surface area contributed by atoms with E-state index in [0.29, 0.717) is 0 Å². The fourth-order valence-corrected chi connectivity index (χ4v) is 2.48. The van der Waals surface area contributed by atoms with Crippen LogP contribution in [0.15, 0.2) is 18.2 Å². The van der Waals surface area contributed by atoms with Crippen LogP contribution in [0.3, 0.4) is 0 Å². The quantitative estimate of drug-likeness (QED) is 0.849. The Bertz CT molecular complexity index is 386. The minimum absolute atomic E-state index is 0.0384. The summed E-state index contributed by atoms with van der Waals surface area (Å²) in [4.78, 5) is 0. The van der Waals surface area contributed by atoms with Crippen molar-refractivity contribution in [3.63, 3.8) is 0 Å². The second kappa shape index (κ2) is 5.07. The van der Waals surface area contributed by atoms with Crippen LogP contribution >= 0.6 is 0 Å². The van der Waals surface area contributed by atoms with Gasteiger partial charge >= 0.3 is 0 Å². The van der Waals surface area contributed by atoms with Crippen molar-refractivity contribution in [2.75, 3.05) is 13.2 Å². The lowest BCUT2D eigenvalue weighted by Crippen LogP contribution is -2.26. The molecule has 1 fully saturated rings. The predicted molar refractivity (Wildman–Crippen MR) is 66.1 cm³/mol. The van der Waals surface area contributed by atoms with E-state index in [1.165, 1.54) is 17.5 Å². The zero-order chi connectivity index (χ0) is 11.5. The summed E-state index contributed by atoms with van der Waals surface area (Å²) < 4.78 is 11.5. The van der Waals surface area contributed by atoms with Gasteiger partial charge in [-0.15, -0.1) is 0 Å². The molecule has 1 N–H and O–H groups in total. The molecule has 0 bridgehead atoms. The monoisotopic (exact) mass is 233 g/mol. The summed E-state index contributed by atoms with van der Waals surface area (Å²) in [5.41, 5.74) is 2.81. The fraction of sp³-hybridized carbons (Fsp3) is 0.571. The second-order valence-electron chi connectivity index (χ2n) is 4.77. The van der Waals surface area contributed by atoms with Crippen molar-refractivity contribution in [1.29, 1.82) is 0 Å². The summed E-state index contributed by atoms with van der Waals surface area (Å²) in [6.45, 7) is 2.88. The molecule has 0 saturated carbocycles. The number of nitrogens with one attached hydrogen (secondary N) is 1. The molecule has 1 atom stereocenters. The first-order valence-electron chi connectivity index (χ1n) is 6.52. The van der Waals surface area contributed by atoms with Crippen molar-refractivity contribution >= 4 is 0 Å². The normalized spacial score (nSPS) is 24.1. The Morgan fingerprint density at radius 2 is 2.24 bits per heavy atom. The number of hydrogen-bond donors (Lipinski definition) is 1. The van der Waals surface area contributed by atoms with Gasteiger partial charge < -0.3 is 14.8 Å². The third-order valence-electron chi connectivity index (χ3n) is 3.47. The number of rotatable bonds is 2. The van der Waals surface area contributed by atoms with E-state index < -0.39 is 0 Å². The zero-order valence-corrected chi connectivity index (χ0v) is 10.1. The van der Waals surface area contributed by atoms with Crippen LogP contribution in [0, 0.1) is 0 Å². The Morgan fingerprint density at radius 3 is 3.12 bits per heavy atom. The van der Waals surface area contributed by atoms with Gasteiger partial charge in [0.1, 0.15) is 5.75 Å². The van der Waals surface area contributed by atoms with E-state index in [9.17, 15) is 0 Å². The highest BCUT2D eigenvalue weighted by molar-refractivity contribution is 5.37. The topological polar surface area (TPSA) is 30.5 Å². The summed E-state index contributed by atoms with van der Waals surface area (Å²) in [7, 11) is 0. The number of fused-ring (bicyclic) bond motifs is 1. The standard InChI is InChI=1S/C14H19NO2/c1-2-8-16-14(3-1)17-13-5-4-12-10-15-7-6-11(12)9-13/h4-5,9,14-15H,1-3,6-8,10H2. The van der Waals surface area contributed by atoms with Gasteiger partial charge in [-0.2, -0.15) is 0 Å². The molecule has 3 rings (SSSR count). The molecule has 92 valence electrons. The van der Waals surface area contributed by atoms with E-state index in [1.807, 2.05) is 0 Å². The van der Waals surface area contributed by atoms with E-state index in [0.717, 1.165) is 44.7 Å².